The van der Waals surface area contributed by atoms with Crippen LogP contribution in [0, 0.1) is 0 Å². The molecule has 0 amide bonds. The molecular formula is C42H33NO. The standard InChI is InChI=1S/C42H33NO/c1-41(2)35-16-10-8-14-29(35)31-20-21-32-34-25-28(19-23-38(34)44-40(32)39(31)42(41,3)4)43-36-17-11-9-15-30(36)33-24-27(18-22-37(33)43)26-12-6-5-7-13-26/h5-25H,1-4H3. The van der Waals surface area contributed by atoms with Gasteiger partial charge in [-0.1, -0.05) is 113 Å². The fraction of sp³-hybridized carbons (Fsp3) is 0.143. The van der Waals surface area contributed by atoms with Crippen molar-refractivity contribution in [3.63, 3.8) is 0 Å². The molecule has 0 N–H and O–H groups in total. The molecule has 1 aliphatic carbocycles. The minimum Gasteiger partial charge on any atom is -0.456 e. The number of para-hydroxylation sites is 1. The normalized spacial score (nSPS) is 15.2. The van der Waals surface area contributed by atoms with Gasteiger partial charge < -0.3 is 8.98 Å². The summed E-state index contributed by atoms with van der Waals surface area (Å²) < 4.78 is 9.20. The van der Waals surface area contributed by atoms with Gasteiger partial charge in [0.2, 0.25) is 0 Å². The first kappa shape index (κ1) is 25.4. The molecule has 0 bridgehead atoms. The maximum absolute atomic E-state index is 6.80. The number of nitrogens with zero attached hydrogens (tertiary/aromatic N) is 1. The van der Waals surface area contributed by atoms with Gasteiger partial charge in [-0.05, 0) is 75.7 Å². The van der Waals surface area contributed by atoms with Crippen LogP contribution in [0.25, 0.3) is 71.7 Å². The zero-order chi connectivity index (χ0) is 29.8. The molecule has 0 aliphatic heterocycles. The Morgan fingerprint density at radius 3 is 2.11 bits per heavy atom. The molecule has 0 fully saturated rings. The highest BCUT2D eigenvalue weighted by Gasteiger charge is 2.47. The molecule has 44 heavy (non-hydrogen) atoms. The van der Waals surface area contributed by atoms with Gasteiger partial charge in [-0.2, -0.15) is 0 Å². The molecule has 0 atom stereocenters. The SMILES string of the molecule is CC1(C)c2ccccc2-c2ccc3c(oc4ccc(-n5c6ccccc6c6cc(-c7ccccc7)ccc65)cc43)c2C1(C)C. The molecule has 9 rings (SSSR count). The van der Waals surface area contributed by atoms with Crippen molar-refractivity contribution in [2.75, 3.05) is 0 Å². The molecule has 0 unspecified atom stereocenters. The van der Waals surface area contributed by atoms with Crippen LogP contribution in [-0.2, 0) is 10.8 Å². The van der Waals surface area contributed by atoms with E-state index in [1.807, 2.05) is 0 Å². The second kappa shape index (κ2) is 8.74. The molecule has 1 aliphatic rings. The van der Waals surface area contributed by atoms with Crippen molar-refractivity contribution in [3.8, 4) is 27.9 Å². The van der Waals surface area contributed by atoms with Crippen LogP contribution in [0.4, 0.5) is 0 Å². The van der Waals surface area contributed by atoms with Gasteiger partial charge in [0.05, 0.1) is 11.0 Å². The first-order valence-electron chi connectivity index (χ1n) is 15.5. The summed E-state index contributed by atoms with van der Waals surface area (Å²) in [5, 5.41) is 4.85. The summed E-state index contributed by atoms with van der Waals surface area (Å²) in [4.78, 5) is 0. The van der Waals surface area contributed by atoms with Crippen molar-refractivity contribution in [3.05, 3.63) is 139 Å². The summed E-state index contributed by atoms with van der Waals surface area (Å²) in [6.07, 6.45) is 0. The third-order valence-electron chi connectivity index (χ3n) is 10.7. The lowest BCUT2D eigenvalue weighted by Gasteiger charge is -2.48. The van der Waals surface area contributed by atoms with Gasteiger partial charge in [0.15, 0.2) is 0 Å². The lowest BCUT2D eigenvalue weighted by molar-refractivity contribution is 0.299. The Hall–Kier alpha value is -5.08. The molecule has 6 aromatic carbocycles. The fourth-order valence-electron chi connectivity index (χ4n) is 7.79. The molecule has 0 saturated heterocycles. The lowest BCUT2D eigenvalue weighted by Crippen LogP contribution is -2.43. The summed E-state index contributed by atoms with van der Waals surface area (Å²) in [7, 11) is 0. The lowest BCUT2D eigenvalue weighted by atomic mass is 9.55. The Balaban J connectivity index is 1.29. The average molecular weight is 568 g/mol. The Morgan fingerprint density at radius 1 is 0.500 bits per heavy atom. The van der Waals surface area contributed by atoms with Crippen LogP contribution in [0.2, 0.25) is 0 Å². The summed E-state index contributed by atoms with van der Waals surface area (Å²) in [5.74, 6) is 0. The van der Waals surface area contributed by atoms with Crippen LogP contribution in [0.1, 0.15) is 38.8 Å². The minimum absolute atomic E-state index is 0.0589. The van der Waals surface area contributed by atoms with Crippen molar-refractivity contribution in [1.82, 2.24) is 4.57 Å². The summed E-state index contributed by atoms with van der Waals surface area (Å²) >= 11 is 0. The molecule has 2 nitrogen and oxygen atoms in total. The molecule has 2 aromatic heterocycles. The number of benzene rings is 6. The average Bonchev–Trinajstić information content (AvgIpc) is 3.59. The van der Waals surface area contributed by atoms with E-state index in [9.17, 15) is 0 Å². The van der Waals surface area contributed by atoms with Crippen LogP contribution < -0.4 is 0 Å². The van der Waals surface area contributed by atoms with E-state index in [0.29, 0.717) is 0 Å². The van der Waals surface area contributed by atoms with Crippen LogP contribution >= 0.6 is 0 Å². The van der Waals surface area contributed by atoms with E-state index in [4.69, 9.17) is 4.42 Å². The van der Waals surface area contributed by atoms with Gasteiger partial charge in [-0.3, -0.25) is 0 Å². The highest BCUT2D eigenvalue weighted by Crippen LogP contribution is 2.56. The number of hydrogen-bond donors (Lipinski definition) is 0. The van der Waals surface area contributed by atoms with E-state index in [0.717, 1.165) is 22.2 Å². The van der Waals surface area contributed by atoms with Crippen LogP contribution in [0.5, 0.6) is 0 Å². The van der Waals surface area contributed by atoms with E-state index >= 15 is 0 Å². The van der Waals surface area contributed by atoms with Crippen LogP contribution in [0.15, 0.2) is 132 Å². The van der Waals surface area contributed by atoms with Crippen LogP contribution in [0.3, 0.4) is 0 Å². The van der Waals surface area contributed by atoms with Gasteiger partial charge in [-0.25, -0.2) is 0 Å². The predicted octanol–water partition coefficient (Wildman–Crippen LogP) is 11.6. The third-order valence-corrected chi connectivity index (χ3v) is 10.7. The zero-order valence-electron chi connectivity index (χ0n) is 25.5. The number of hydrogen-bond acceptors (Lipinski definition) is 1. The maximum atomic E-state index is 6.80. The largest absolute Gasteiger partial charge is 0.456 e. The molecule has 0 saturated carbocycles. The van der Waals surface area contributed by atoms with Gasteiger partial charge in [0, 0.05) is 38.2 Å². The topological polar surface area (TPSA) is 18.1 Å². The molecule has 2 heterocycles. The Kier molecular flexibility index (Phi) is 5.05. The first-order valence-corrected chi connectivity index (χ1v) is 15.5. The maximum Gasteiger partial charge on any atom is 0.139 e. The molecular weight excluding hydrogens is 534 g/mol. The van der Waals surface area contributed by atoms with Gasteiger partial charge >= 0.3 is 0 Å². The number of fused-ring (bicyclic) bond motifs is 10. The molecule has 8 aromatic rings. The smallest absolute Gasteiger partial charge is 0.139 e. The Labute approximate surface area is 257 Å². The predicted molar refractivity (Wildman–Crippen MR) is 185 cm³/mol. The Bertz CT molecular complexity index is 2430. The first-order chi connectivity index (χ1) is 21.3. The van der Waals surface area contributed by atoms with Gasteiger partial charge in [-0.15, -0.1) is 0 Å². The van der Waals surface area contributed by atoms with Crippen molar-refractivity contribution < 1.29 is 4.42 Å². The summed E-state index contributed by atoms with van der Waals surface area (Å²) in [5.41, 5.74) is 13.1. The Morgan fingerprint density at radius 2 is 1.25 bits per heavy atom. The molecule has 0 spiro atoms. The van der Waals surface area contributed by atoms with Gasteiger partial charge in [0.1, 0.15) is 11.2 Å². The van der Waals surface area contributed by atoms with E-state index < -0.39 is 0 Å². The molecule has 0 radical (unpaired) electrons. The number of furan rings is 1. The second-order valence-electron chi connectivity index (χ2n) is 13.4. The van der Waals surface area contributed by atoms with E-state index in [1.165, 1.54) is 60.6 Å². The van der Waals surface area contributed by atoms with Crippen molar-refractivity contribution >= 4 is 43.7 Å². The van der Waals surface area contributed by atoms with Crippen molar-refractivity contribution in [2.45, 2.75) is 38.5 Å². The highest BCUT2D eigenvalue weighted by atomic mass is 16.3. The molecule has 212 valence electrons. The van der Waals surface area contributed by atoms with E-state index in [1.54, 1.807) is 0 Å². The second-order valence-corrected chi connectivity index (χ2v) is 13.4. The number of rotatable bonds is 2. The summed E-state index contributed by atoms with van der Waals surface area (Å²) in [6, 6.07) is 46.4. The highest BCUT2D eigenvalue weighted by molar-refractivity contribution is 6.12. The van der Waals surface area contributed by atoms with Crippen molar-refractivity contribution in [1.29, 1.82) is 0 Å². The minimum atomic E-state index is -0.129. The third kappa shape index (κ3) is 3.26. The zero-order valence-corrected chi connectivity index (χ0v) is 25.5. The van der Waals surface area contributed by atoms with Crippen molar-refractivity contribution in [2.24, 2.45) is 0 Å². The number of aromatic nitrogens is 1. The fourth-order valence-corrected chi connectivity index (χ4v) is 7.79. The van der Waals surface area contributed by atoms with Crippen LogP contribution in [-0.4, -0.2) is 4.57 Å². The summed E-state index contributed by atoms with van der Waals surface area (Å²) in [6.45, 7) is 9.50. The van der Waals surface area contributed by atoms with E-state index in [2.05, 4.69) is 160 Å². The van der Waals surface area contributed by atoms with Gasteiger partial charge in [0.25, 0.3) is 0 Å². The van der Waals surface area contributed by atoms with E-state index in [-0.39, 0.29) is 10.8 Å². The monoisotopic (exact) mass is 567 g/mol. The molecule has 2 heteroatoms. The quantitative estimate of drug-likeness (QED) is 0.203.